The fourth-order valence-corrected chi connectivity index (χ4v) is 1.83. The summed E-state index contributed by atoms with van der Waals surface area (Å²) in [6.45, 7) is 0. The van der Waals surface area contributed by atoms with E-state index >= 15 is 0 Å². The highest BCUT2D eigenvalue weighted by Crippen LogP contribution is 2.11. The van der Waals surface area contributed by atoms with Crippen molar-refractivity contribution in [2.24, 2.45) is 0 Å². The minimum absolute atomic E-state index is 0.231. The third-order valence-corrected chi connectivity index (χ3v) is 2.90. The average molecular weight is 301 g/mol. The fourth-order valence-electron chi connectivity index (χ4n) is 1.66. The average Bonchev–Trinajstić information content (AvgIpc) is 2.53. The highest BCUT2D eigenvalue weighted by Gasteiger charge is 2.16. The summed E-state index contributed by atoms with van der Waals surface area (Å²) in [6.07, 6.45) is -1.25. The number of thiocarbonyl (C=S) groups is 1. The minimum Gasteiger partial charge on any atom is -0.378 e. The lowest BCUT2D eigenvalue weighted by molar-refractivity contribution is -0.130. The first-order valence-corrected chi connectivity index (χ1v) is 6.72. The lowest BCUT2D eigenvalue weighted by Crippen LogP contribution is -2.45. The van der Waals surface area contributed by atoms with E-state index in [4.69, 9.17) is 12.2 Å². The highest BCUT2D eigenvalue weighted by molar-refractivity contribution is 7.80. The number of aliphatic hydroxyl groups is 1. The molecule has 1 atom stereocenters. The first-order valence-electron chi connectivity index (χ1n) is 6.32. The Bertz CT molecular complexity index is 605. The first kappa shape index (κ1) is 15.0. The Hall–Kier alpha value is -2.44. The van der Waals surface area contributed by atoms with Gasteiger partial charge in [0.05, 0.1) is 0 Å². The summed E-state index contributed by atoms with van der Waals surface area (Å²) in [7, 11) is 0. The van der Waals surface area contributed by atoms with Crippen LogP contribution in [-0.2, 0) is 4.79 Å². The number of para-hydroxylation sites is 1. The van der Waals surface area contributed by atoms with E-state index in [-0.39, 0.29) is 5.11 Å². The maximum absolute atomic E-state index is 11.8. The topological polar surface area (TPSA) is 73.4 Å². The molecule has 0 heterocycles. The molecule has 0 unspecified atom stereocenters. The summed E-state index contributed by atoms with van der Waals surface area (Å²) in [6, 6.07) is 18.0. The molecule has 0 saturated carbocycles. The number of amides is 1. The van der Waals surface area contributed by atoms with Crippen molar-refractivity contribution in [1.82, 2.24) is 10.9 Å². The van der Waals surface area contributed by atoms with Gasteiger partial charge in [-0.25, -0.2) is 0 Å². The number of anilines is 1. The Kier molecular flexibility index (Phi) is 5.25. The van der Waals surface area contributed by atoms with Crippen molar-refractivity contribution >= 4 is 28.9 Å². The third-order valence-electron chi connectivity index (χ3n) is 2.69. The molecule has 0 fully saturated rings. The number of aliphatic hydroxyl groups excluding tert-OH is 1. The molecule has 2 aromatic rings. The van der Waals surface area contributed by atoms with E-state index in [2.05, 4.69) is 16.2 Å². The van der Waals surface area contributed by atoms with Crippen LogP contribution in [0.3, 0.4) is 0 Å². The summed E-state index contributed by atoms with van der Waals surface area (Å²) in [5, 5.41) is 13.0. The van der Waals surface area contributed by atoms with Gasteiger partial charge in [0.15, 0.2) is 11.2 Å². The van der Waals surface area contributed by atoms with Crippen LogP contribution in [0, 0.1) is 0 Å². The molecule has 0 spiro atoms. The van der Waals surface area contributed by atoms with Gasteiger partial charge < -0.3 is 10.4 Å². The van der Waals surface area contributed by atoms with Crippen molar-refractivity contribution in [3.63, 3.8) is 0 Å². The highest BCUT2D eigenvalue weighted by atomic mass is 32.1. The van der Waals surface area contributed by atoms with Crippen LogP contribution in [-0.4, -0.2) is 16.1 Å². The van der Waals surface area contributed by atoms with Crippen molar-refractivity contribution < 1.29 is 9.90 Å². The number of carbonyl (C=O) groups excluding carboxylic acids is 1. The van der Waals surface area contributed by atoms with Crippen molar-refractivity contribution in [3.05, 3.63) is 66.2 Å². The van der Waals surface area contributed by atoms with Gasteiger partial charge in [0, 0.05) is 5.69 Å². The second kappa shape index (κ2) is 7.37. The number of rotatable bonds is 3. The van der Waals surface area contributed by atoms with Crippen LogP contribution in [0.2, 0.25) is 0 Å². The second-order valence-corrected chi connectivity index (χ2v) is 4.66. The Balaban J connectivity index is 1.82. The van der Waals surface area contributed by atoms with Crippen molar-refractivity contribution in [1.29, 1.82) is 0 Å². The Labute approximate surface area is 128 Å². The monoisotopic (exact) mass is 301 g/mol. The predicted molar refractivity (Wildman–Crippen MR) is 85.3 cm³/mol. The standard InChI is InChI=1S/C15H15N3O2S/c19-13(11-7-3-1-4-8-11)14(20)17-18-15(21)16-12-9-5-2-6-10-12/h1-10,13,19H,(H,17,20)(H2,16,18,21)/t13-/m0/s1. The van der Waals surface area contributed by atoms with Gasteiger partial charge in [0.25, 0.3) is 5.91 Å². The molecule has 0 bridgehead atoms. The van der Waals surface area contributed by atoms with Crippen LogP contribution < -0.4 is 16.2 Å². The predicted octanol–water partition coefficient (Wildman–Crippen LogP) is 1.74. The SMILES string of the molecule is O=C(NNC(=S)Nc1ccccc1)[C@@H](O)c1ccccc1. The van der Waals surface area contributed by atoms with E-state index in [0.717, 1.165) is 5.69 Å². The van der Waals surface area contributed by atoms with E-state index in [0.29, 0.717) is 5.56 Å². The molecule has 108 valence electrons. The van der Waals surface area contributed by atoms with Crippen LogP contribution in [0.15, 0.2) is 60.7 Å². The van der Waals surface area contributed by atoms with Crippen LogP contribution >= 0.6 is 12.2 Å². The van der Waals surface area contributed by atoms with E-state index in [1.54, 1.807) is 24.3 Å². The van der Waals surface area contributed by atoms with Crippen LogP contribution in [0.4, 0.5) is 5.69 Å². The quantitative estimate of drug-likeness (QED) is 0.513. The van der Waals surface area contributed by atoms with Gasteiger partial charge in [-0.2, -0.15) is 0 Å². The van der Waals surface area contributed by atoms with Crippen LogP contribution in [0.5, 0.6) is 0 Å². The largest absolute Gasteiger partial charge is 0.378 e. The zero-order valence-corrected chi connectivity index (χ0v) is 11.9. The molecule has 2 rings (SSSR count). The van der Waals surface area contributed by atoms with Gasteiger partial charge in [0.1, 0.15) is 0 Å². The molecule has 1 amide bonds. The molecule has 2 aromatic carbocycles. The van der Waals surface area contributed by atoms with Crippen molar-refractivity contribution in [2.45, 2.75) is 6.10 Å². The molecule has 0 aliphatic carbocycles. The number of hydrogen-bond acceptors (Lipinski definition) is 3. The van der Waals surface area contributed by atoms with Crippen LogP contribution in [0.25, 0.3) is 0 Å². The molecular weight excluding hydrogens is 286 g/mol. The molecule has 6 heteroatoms. The zero-order valence-electron chi connectivity index (χ0n) is 11.1. The summed E-state index contributed by atoms with van der Waals surface area (Å²) >= 11 is 5.04. The lowest BCUT2D eigenvalue weighted by Gasteiger charge is -2.14. The third kappa shape index (κ3) is 4.55. The van der Waals surface area contributed by atoms with Gasteiger partial charge in [-0.3, -0.25) is 15.6 Å². The summed E-state index contributed by atoms with van der Waals surface area (Å²) in [5.74, 6) is -0.585. The minimum atomic E-state index is -1.25. The number of benzene rings is 2. The molecule has 21 heavy (non-hydrogen) atoms. The van der Waals surface area contributed by atoms with E-state index in [1.165, 1.54) is 0 Å². The Morgan fingerprint density at radius 2 is 1.52 bits per heavy atom. The molecule has 0 aliphatic heterocycles. The molecule has 0 saturated heterocycles. The fraction of sp³-hybridized carbons (Fsp3) is 0.0667. The number of hydrogen-bond donors (Lipinski definition) is 4. The zero-order chi connectivity index (χ0) is 15.1. The van der Waals surface area contributed by atoms with Gasteiger partial charge in [0.2, 0.25) is 0 Å². The van der Waals surface area contributed by atoms with Gasteiger partial charge in [-0.05, 0) is 29.9 Å². The lowest BCUT2D eigenvalue weighted by atomic mass is 10.1. The van der Waals surface area contributed by atoms with E-state index in [1.807, 2.05) is 36.4 Å². The molecule has 4 N–H and O–H groups in total. The van der Waals surface area contributed by atoms with E-state index < -0.39 is 12.0 Å². The smallest absolute Gasteiger partial charge is 0.271 e. The Morgan fingerprint density at radius 3 is 2.14 bits per heavy atom. The van der Waals surface area contributed by atoms with Crippen molar-refractivity contribution in [2.75, 3.05) is 5.32 Å². The summed E-state index contributed by atoms with van der Waals surface area (Å²) in [5.41, 5.74) is 6.21. The normalized spacial score (nSPS) is 11.3. The van der Waals surface area contributed by atoms with Gasteiger partial charge in [-0.15, -0.1) is 0 Å². The van der Waals surface area contributed by atoms with Gasteiger partial charge >= 0.3 is 0 Å². The molecule has 0 aromatic heterocycles. The first-order chi connectivity index (χ1) is 10.2. The second-order valence-electron chi connectivity index (χ2n) is 4.25. The number of carbonyl (C=O) groups is 1. The summed E-state index contributed by atoms with van der Waals surface area (Å²) in [4.78, 5) is 11.8. The van der Waals surface area contributed by atoms with E-state index in [9.17, 15) is 9.90 Å². The number of hydrazine groups is 1. The van der Waals surface area contributed by atoms with Crippen LogP contribution in [0.1, 0.15) is 11.7 Å². The van der Waals surface area contributed by atoms with Gasteiger partial charge in [-0.1, -0.05) is 48.5 Å². The summed E-state index contributed by atoms with van der Waals surface area (Å²) < 4.78 is 0. The van der Waals surface area contributed by atoms with Crippen molar-refractivity contribution in [3.8, 4) is 0 Å². The maximum atomic E-state index is 11.8. The Morgan fingerprint density at radius 1 is 0.952 bits per heavy atom. The molecule has 0 radical (unpaired) electrons. The molecule has 0 aliphatic rings. The number of nitrogens with one attached hydrogen (secondary N) is 3. The molecule has 5 nitrogen and oxygen atoms in total. The maximum Gasteiger partial charge on any atom is 0.271 e. The molecular formula is C15H15N3O2S.